The fourth-order valence-electron chi connectivity index (χ4n) is 2.73. The molecule has 1 saturated heterocycles. The van der Waals surface area contributed by atoms with E-state index < -0.39 is 5.79 Å². The molecule has 1 aromatic heterocycles. The third-order valence-electron chi connectivity index (χ3n) is 3.74. The molecule has 6 heteroatoms. The highest BCUT2D eigenvalue weighted by Crippen LogP contribution is 2.38. The normalized spacial score (nSPS) is 23.6. The van der Waals surface area contributed by atoms with Gasteiger partial charge in [-0.05, 0) is 12.8 Å². The summed E-state index contributed by atoms with van der Waals surface area (Å²) in [4.78, 5) is 12.2. The molecule has 1 saturated carbocycles. The molecule has 0 bridgehead atoms. The predicted octanol–water partition coefficient (Wildman–Crippen LogP) is 1.04. The fourth-order valence-corrected chi connectivity index (χ4v) is 2.73. The minimum absolute atomic E-state index is 0.0114. The van der Waals surface area contributed by atoms with Crippen molar-refractivity contribution in [3.63, 3.8) is 0 Å². The van der Waals surface area contributed by atoms with Gasteiger partial charge in [0.2, 0.25) is 5.91 Å². The highest BCUT2D eigenvalue weighted by atomic mass is 16.7. The van der Waals surface area contributed by atoms with Gasteiger partial charge in [-0.15, -0.1) is 0 Å². The molecule has 2 heterocycles. The van der Waals surface area contributed by atoms with Gasteiger partial charge in [0.25, 0.3) is 0 Å². The predicted molar refractivity (Wildman–Crippen MR) is 63.9 cm³/mol. The molecule has 0 unspecified atom stereocenters. The van der Waals surface area contributed by atoms with Crippen LogP contribution in [0.3, 0.4) is 0 Å². The van der Waals surface area contributed by atoms with Crippen LogP contribution >= 0.6 is 0 Å². The van der Waals surface area contributed by atoms with Crippen molar-refractivity contribution in [3.05, 3.63) is 12.4 Å². The highest BCUT2D eigenvalue weighted by Gasteiger charge is 2.42. The molecule has 0 aromatic carbocycles. The number of hydrogen-bond acceptors (Lipinski definition) is 5. The number of aromatic nitrogens is 2. The zero-order valence-electron chi connectivity index (χ0n) is 10.2. The van der Waals surface area contributed by atoms with Crippen LogP contribution in [0.2, 0.25) is 0 Å². The summed E-state index contributed by atoms with van der Waals surface area (Å²) in [7, 11) is 0. The van der Waals surface area contributed by atoms with Crippen molar-refractivity contribution in [2.45, 2.75) is 31.5 Å². The molecule has 1 aliphatic heterocycles. The lowest BCUT2D eigenvalue weighted by Crippen LogP contribution is -2.38. The summed E-state index contributed by atoms with van der Waals surface area (Å²) in [5.74, 6) is -0.415. The van der Waals surface area contributed by atoms with Crippen LogP contribution in [0.15, 0.2) is 12.4 Å². The SMILES string of the molecule is Nc1cnn(C(=O)C2CCC3(CC2)OCCO3)c1. The smallest absolute Gasteiger partial charge is 0.250 e. The summed E-state index contributed by atoms with van der Waals surface area (Å²) in [5, 5.41) is 3.96. The second kappa shape index (κ2) is 4.37. The van der Waals surface area contributed by atoms with Gasteiger partial charge in [0.15, 0.2) is 5.79 Å². The first kappa shape index (κ1) is 11.7. The third kappa shape index (κ3) is 2.02. The second-order valence-electron chi connectivity index (χ2n) is 4.94. The highest BCUT2D eigenvalue weighted by molar-refractivity contribution is 5.81. The van der Waals surface area contributed by atoms with E-state index in [1.165, 1.54) is 10.9 Å². The standard InChI is InChI=1S/C12H17N3O3/c13-10-7-14-15(8-10)11(16)9-1-3-12(4-2-9)17-5-6-18-12/h7-9H,1-6,13H2. The number of nitrogens with zero attached hydrogens (tertiary/aromatic N) is 2. The van der Waals surface area contributed by atoms with Crippen LogP contribution in [-0.2, 0) is 9.47 Å². The van der Waals surface area contributed by atoms with Gasteiger partial charge < -0.3 is 15.2 Å². The van der Waals surface area contributed by atoms with E-state index in [2.05, 4.69) is 5.10 Å². The topological polar surface area (TPSA) is 79.4 Å². The monoisotopic (exact) mass is 251 g/mol. The molecule has 1 aliphatic carbocycles. The van der Waals surface area contributed by atoms with E-state index in [9.17, 15) is 4.79 Å². The summed E-state index contributed by atoms with van der Waals surface area (Å²) in [6.07, 6.45) is 6.16. The molecule has 2 fully saturated rings. The van der Waals surface area contributed by atoms with E-state index in [4.69, 9.17) is 15.2 Å². The van der Waals surface area contributed by atoms with E-state index >= 15 is 0 Å². The number of ether oxygens (including phenoxy) is 2. The Morgan fingerprint density at radius 3 is 2.61 bits per heavy atom. The van der Waals surface area contributed by atoms with Crippen LogP contribution in [0, 0.1) is 5.92 Å². The van der Waals surface area contributed by atoms with Crippen molar-refractivity contribution < 1.29 is 14.3 Å². The first-order valence-corrected chi connectivity index (χ1v) is 6.31. The summed E-state index contributed by atoms with van der Waals surface area (Å²) < 4.78 is 12.6. The maximum absolute atomic E-state index is 12.2. The lowest BCUT2D eigenvalue weighted by atomic mass is 9.84. The molecule has 0 atom stereocenters. The molecule has 2 N–H and O–H groups in total. The Kier molecular flexibility index (Phi) is 2.83. The summed E-state index contributed by atoms with van der Waals surface area (Å²) in [6.45, 7) is 1.32. The first-order valence-electron chi connectivity index (χ1n) is 6.31. The van der Waals surface area contributed by atoms with Crippen molar-refractivity contribution in [2.24, 2.45) is 5.92 Å². The molecule has 18 heavy (non-hydrogen) atoms. The number of carbonyl (C=O) groups is 1. The van der Waals surface area contributed by atoms with Gasteiger partial charge in [0, 0.05) is 18.8 Å². The van der Waals surface area contributed by atoms with Gasteiger partial charge in [-0.2, -0.15) is 5.10 Å². The third-order valence-corrected chi connectivity index (χ3v) is 3.74. The Morgan fingerprint density at radius 2 is 2.06 bits per heavy atom. The van der Waals surface area contributed by atoms with Crippen molar-refractivity contribution >= 4 is 11.6 Å². The Labute approximate surface area is 105 Å². The van der Waals surface area contributed by atoms with Crippen molar-refractivity contribution in [2.75, 3.05) is 18.9 Å². The molecule has 98 valence electrons. The van der Waals surface area contributed by atoms with Crippen molar-refractivity contribution in [3.8, 4) is 0 Å². The van der Waals surface area contributed by atoms with Crippen LogP contribution < -0.4 is 5.73 Å². The number of anilines is 1. The Hall–Kier alpha value is -1.40. The lowest BCUT2D eigenvalue weighted by Gasteiger charge is -2.34. The second-order valence-corrected chi connectivity index (χ2v) is 4.94. The summed E-state index contributed by atoms with van der Waals surface area (Å²) in [5.41, 5.74) is 6.08. The van der Waals surface area contributed by atoms with E-state index in [1.807, 2.05) is 0 Å². The quantitative estimate of drug-likeness (QED) is 0.806. The molecular formula is C12H17N3O3. The summed E-state index contributed by atoms with van der Waals surface area (Å²) >= 11 is 0. The van der Waals surface area contributed by atoms with E-state index in [-0.39, 0.29) is 11.8 Å². The van der Waals surface area contributed by atoms with Gasteiger partial charge >= 0.3 is 0 Å². The van der Waals surface area contributed by atoms with Crippen LogP contribution in [0.25, 0.3) is 0 Å². The van der Waals surface area contributed by atoms with E-state index in [1.54, 1.807) is 6.20 Å². The number of nitrogen functional groups attached to an aromatic ring is 1. The van der Waals surface area contributed by atoms with Gasteiger partial charge in [0.1, 0.15) is 0 Å². The largest absolute Gasteiger partial charge is 0.396 e. The van der Waals surface area contributed by atoms with E-state index in [0.717, 1.165) is 25.7 Å². The van der Waals surface area contributed by atoms with Crippen LogP contribution in [0.1, 0.15) is 30.5 Å². The van der Waals surface area contributed by atoms with Gasteiger partial charge in [-0.1, -0.05) is 0 Å². The van der Waals surface area contributed by atoms with Gasteiger partial charge in [-0.25, -0.2) is 4.68 Å². The maximum atomic E-state index is 12.2. The minimum atomic E-state index is -0.417. The Morgan fingerprint density at radius 1 is 1.39 bits per heavy atom. The van der Waals surface area contributed by atoms with Crippen LogP contribution in [-0.4, -0.2) is 34.7 Å². The van der Waals surface area contributed by atoms with Gasteiger partial charge in [-0.3, -0.25) is 4.79 Å². The number of hydrogen-bond donors (Lipinski definition) is 1. The molecule has 3 rings (SSSR count). The molecule has 0 radical (unpaired) electrons. The Balaban J connectivity index is 1.64. The number of carbonyl (C=O) groups excluding carboxylic acids is 1. The van der Waals surface area contributed by atoms with Gasteiger partial charge in [0.05, 0.1) is 31.3 Å². The van der Waals surface area contributed by atoms with Crippen LogP contribution in [0.4, 0.5) is 5.69 Å². The van der Waals surface area contributed by atoms with Crippen molar-refractivity contribution in [1.29, 1.82) is 0 Å². The minimum Gasteiger partial charge on any atom is -0.396 e. The zero-order chi connectivity index (χ0) is 12.6. The number of nitrogens with two attached hydrogens (primary N) is 1. The Bertz CT molecular complexity index is 441. The molecule has 1 aromatic rings. The van der Waals surface area contributed by atoms with E-state index in [0.29, 0.717) is 18.9 Å². The average molecular weight is 251 g/mol. The molecule has 6 nitrogen and oxygen atoms in total. The fraction of sp³-hybridized carbons (Fsp3) is 0.667. The van der Waals surface area contributed by atoms with Crippen molar-refractivity contribution in [1.82, 2.24) is 9.78 Å². The summed E-state index contributed by atoms with van der Waals surface area (Å²) in [6, 6.07) is 0. The first-order chi connectivity index (χ1) is 8.69. The number of rotatable bonds is 1. The van der Waals surface area contributed by atoms with Crippen LogP contribution in [0.5, 0.6) is 0 Å². The molecular weight excluding hydrogens is 234 g/mol. The molecule has 2 aliphatic rings. The molecule has 0 amide bonds. The maximum Gasteiger partial charge on any atom is 0.250 e. The molecule has 1 spiro atoms. The average Bonchev–Trinajstić information content (AvgIpc) is 3.00. The zero-order valence-corrected chi connectivity index (χ0v) is 10.2. The lowest BCUT2D eigenvalue weighted by molar-refractivity contribution is -0.180.